The van der Waals surface area contributed by atoms with Crippen molar-refractivity contribution in [2.75, 3.05) is 13.1 Å². The van der Waals surface area contributed by atoms with Gasteiger partial charge in [0, 0.05) is 6.54 Å². The fraction of sp³-hybridized carbons (Fsp3) is 0.500. The van der Waals surface area contributed by atoms with E-state index in [9.17, 15) is 0 Å². The summed E-state index contributed by atoms with van der Waals surface area (Å²) >= 11 is 0. The van der Waals surface area contributed by atoms with Crippen molar-refractivity contribution in [1.82, 2.24) is 0 Å². The second-order valence-electron chi connectivity index (χ2n) is 2.16. The van der Waals surface area contributed by atoms with Crippen LogP contribution in [0.3, 0.4) is 0 Å². The van der Waals surface area contributed by atoms with Crippen LogP contribution < -0.4 is 11.5 Å². The lowest BCUT2D eigenvalue weighted by Gasteiger charge is -1.89. The Morgan fingerprint density at radius 3 is 2.60 bits per heavy atom. The van der Waals surface area contributed by atoms with E-state index in [1.807, 2.05) is 19.1 Å². The highest BCUT2D eigenvalue weighted by atomic mass is 14.5. The van der Waals surface area contributed by atoms with E-state index in [2.05, 4.69) is 6.08 Å². The summed E-state index contributed by atoms with van der Waals surface area (Å²) in [7, 11) is 0. The minimum atomic E-state index is 0.610. The van der Waals surface area contributed by atoms with Crippen molar-refractivity contribution in [2.24, 2.45) is 11.5 Å². The maximum Gasteiger partial charge on any atom is 0.0112 e. The molecule has 0 heterocycles. The lowest BCUT2D eigenvalue weighted by Crippen LogP contribution is -1.95. The quantitative estimate of drug-likeness (QED) is 0.567. The molecule has 0 radical (unpaired) electrons. The predicted octanol–water partition coefficient (Wildman–Crippen LogP) is 0.796. The van der Waals surface area contributed by atoms with Crippen LogP contribution in [0.5, 0.6) is 0 Å². The molecule has 58 valence electrons. The van der Waals surface area contributed by atoms with Crippen LogP contribution in [0.25, 0.3) is 0 Å². The van der Waals surface area contributed by atoms with Gasteiger partial charge >= 0.3 is 0 Å². The average molecular weight is 140 g/mol. The van der Waals surface area contributed by atoms with Gasteiger partial charge in [0.15, 0.2) is 0 Å². The molecule has 0 spiro atoms. The lowest BCUT2D eigenvalue weighted by atomic mass is 10.2. The minimum Gasteiger partial charge on any atom is -0.330 e. The van der Waals surface area contributed by atoms with Gasteiger partial charge in [0.25, 0.3) is 0 Å². The Bertz CT molecular complexity index is 125. The first-order chi connectivity index (χ1) is 4.81. The maximum atomic E-state index is 5.30. The molecule has 10 heavy (non-hydrogen) atoms. The Morgan fingerprint density at radius 2 is 2.10 bits per heavy atom. The van der Waals surface area contributed by atoms with E-state index in [0.29, 0.717) is 13.1 Å². The molecule has 0 saturated carbocycles. The topological polar surface area (TPSA) is 52.0 Å². The van der Waals surface area contributed by atoms with Gasteiger partial charge in [-0.1, -0.05) is 23.8 Å². The molecule has 0 aliphatic carbocycles. The summed E-state index contributed by atoms with van der Waals surface area (Å²) in [4.78, 5) is 0. The molecule has 0 aliphatic rings. The van der Waals surface area contributed by atoms with Crippen molar-refractivity contribution in [3.63, 3.8) is 0 Å². The van der Waals surface area contributed by atoms with E-state index in [-0.39, 0.29) is 0 Å². The van der Waals surface area contributed by atoms with E-state index >= 15 is 0 Å². The molecule has 4 N–H and O–H groups in total. The molecule has 0 amide bonds. The summed E-state index contributed by atoms with van der Waals surface area (Å²) in [6.07, 6.45) is 7.02. The Balaban J connectivity index is 3.55. The maximum absolute atomic E-state index is 5.30. The van der Waals surface area contributed by atoms with Gasteiger partial charge in [-0.05, 0) is 19.9 Å². The van der Waals surface area contributed by atoms with Crippen LogP contribution in [0.2, 0.25) is 0 Å². The van der Waals surface area contributed by atoms with Gasteiger partial charge in [-0.3, -0.25) is 0 Å². The summed E-state index contributed by atoms with van der Waals surface area (Å²) in [6, 6.07) is 0. The first-order valence-corrected chi connectivity index (χ1v) is 3.54. The van der Waals surface area contributed by atoms with Crippen molar-refractivity contribution in [2.45, 2.75) is 13.3 Å². The SMILES string of the molecule is CC(/C=C\CCN)=C/CN. The molecule has 0 fully saturated rings. The Kier molecular flexibility index (Phi) is 6.13. The second kappa shape index (κ2) is 6.52. The van der Waals surface area contributed by atoms with E-state index < -0.39 is 0 Å². The van der Waals surface area contributed by atoms with E-state index in [0.717, 1.165) is 6.42 Å². The summed E-state index contributed by atoms with van der Waals surface area (Å²) in [5.74, 6) is 0. The highest BCUT2D eigenvalue weighted by Gasteiger charge is 1.77. The summed E-state index contributed by atoms with van der Waals surface area (Å²) in [5, 5.41) is 0. The van der Waals surface area contributed by atoms with Gasteiger partial charge in [-0.2, -0.15) is 0 Å². The van der Waals surface area contributed by atoms with Gasteiger partial charge in [0.2, 0.25) is 0 Å². The zero-order chi connectivity index (χ0) is 7.82. The highest BCUT2D eigenvalue weighted by Crippen LogP contribution is 1.93. The first kappa shape index (κ1) is 9.40. The Labute approximate surface area is 62.6 Å². The van der Waals surface area contributed by atoms with E-state index in [1.165, 1.54) is 5.57 Å². The summed E-state index contributed by atoms with van der Waals surface area (Å²) < 4.78 is 0. The van der Waals surface area contributed by atoms with Crippen molar-refractivity contribution >= 4 is 0 Å². The van der Waals surface area contributed by atoms with Crippen LogP contribution in [0.4, 0.5) is 0 Å². The van der Waals surface area contributed by atoms with E-state index in [1.54, 1.807) is 0 Å². The fourth-order valence-electron chi connectivity index (χ4n) is 0.619. The number of hydrogen-bond acceptors (Lipinski definition) is 2. The molecule has 0 aromatic carbocycles. The largest absolute Gasteiger partial charge is 0.330 e. The first-order valence-electron chi connectivity index (χ1n) is 3.54. The number of hydrogen-bond donors (Lipinski definition) is 2. The molecule has 0 aromatic heterocycles. The molecule has 2 heteroatoms. The van der Waals surface area contributed by atoms with Crippen molar-refractivity contribution in [3.8, 4) is 0 Å². The molecule has 0 aliphatic heterocycles. The molecule has 0 aromatic rings. The number of nitrogens with two attached hydrogens (primary N) is 2. The zero-order valence-electron chi connectivity index (χ0n) is 6.51. The fourth-order valence-corrected chi connectivity index (χ4v) is 0.619. The van der Waals surface area contributed by atoms with Crippen LogP contribution in [0.15, 0.2) is 23.8 Å². The standard InChI is InChI=1S/C8H16N2/c1-8(5-7-10)4-2-3-6-9/h2,4-5H,3,6-7,9-10H2,1H3/b4-2-,8-5-. The molecule has 0 unspecified atom stereocenters. The highest BCUT2D eigenvalue weighted by molar-refractivity contribution is 5.15. The van der Waals surface area contributed by atoms with Gasteiger partial charge in [0.1, 0.15) is 0 Å². The third kappa shape index (κ3) is 5.54. The van der Waals surface area contributed by atoms with E-state index in [4.69, 9.17) is 11.5 Å². The van der Waals surface area contributed by atoms with Crippen LogP contribution in [0.1, 0.15) is 13.3 Å². The average Bonchev–Trinajstić information content (AvgIpc) is 1.89. The Hall–Kier alpha value is -0.600. The third-order valence-electron chi connectivity index (χ3n) is 1.15. The van der Waals surface area contributed by atoms with Gasteiger partial charge in [0.05, 0.1) is 0 Å². The Morgan fingerprint density at radius 1 is 1.40 bits per heavy atom. The number of allylic oxidation sites excluding steroid dienone is 2. The molecule has 0 saturated heterocycles. The molecule has 0 rings (SSSR count). The molecule has 2 nitrogen and oxygen atoms in total. The van der Waals surface area contributed by atoms with Crippen LogP contribution in [-0.4, -0.2) is 13.1 Å². The smallest absolute Gasteiger partial charge is 0.0112 e. The number of rotatable bonds is 4. The molecule has 0 bridgehead atoms. The van der Waals surface area contributed by atoms with Gasteiger partial charge in [-0.15, -0.1) is 0 Å². The predicted molar refractivity (Wildman–Crippen MR) is 45.6 cm³/mol. The van der Waals surface area contributed by atoms with Crippen molar-refractivity contribution < 1.29 is 0 Å². The normalized spacial score (nSPS) is 12.9. The zero-order valence-corrected chi connectivity index (χ0v) is 6.51. The van der Waals surface area contributed by atoms with Crippen molar-refractivity contribution in [3.05, 3.63) is 23.8 Å². The van der Waals surface area contributed by atoms with Gasteiger partial charge in [-0.25, -0.2) is 0 Å². The second-order valence-corrected chi connectivity index (χ2v) is 2.16. The molecular weight excluding hydrogens is 124 g/mol. The minimum absolute atomic E-state index is 0.610. The van der Waals surface area contributed by atoms with Crippen LogP contribution in [0, 0.1) is 0 Å². The van der Waals surface area contributed by atoms with Gasteiger partial charge < -0.3 is 11.5 Å². The summed E-state index contributed by atoms with van der Waals surface area (Å²) in [5.41, 5.74) is 11.8. The lowest BCUT2D eigenvalue weighted by molar-refractivity contribution is 1.01. The van der Waals surface area contributed by atoms with Crippen molar-refractivity contribution in [1.29, 1.82) is 0 Å². The third-order valence-corrected chi connectivity index (χ3v) is 1.15. The molecule has 0 atom stereocenters. The monoisotopic (exact) mass is 140 g/mol. The van der Waals surface area contributed by atoms with Crippen LogP contribution >= 0.6 is 0 Å². The molecular formula is C8H16N2. The van der Waals surface area contributed by atoms with Crippen LogP contribution in [-0.2, 0) is 0 Å². The summed E-state index contributed by atoms with van der Waals surface area (Å²) in [6.45, 7) is 3.35.